The molecular weight excluding hydrogens is 204 g/mol. The van der Waals surface area contributed by atoms with Crippen LogP contribution >= 0.6 is 12.2 Å². The molecule has 0 saturated carbocycles. The molecule has 0 radical (unpaired) electrons. The molecule has 0 saturated heterocycles. The van der Waals surface area contributed by atoms with Gasteiger partial charge in [-0.2, -0.15) is 0 Å². The van der Waals surface area contributed by atoms with E-state index in [1.165, 1.54) is 4.57 Å². The Morgan fingerprint density at radius 3 is 2.79 bits per heavy atom. The minimum atomic E-state index is -0.401. The molecule has 1 aromatic heterocycles. The lowest BCUT2D eigenvalue weighted by molar-refractivity contribution is -0.121. The number of amides is 1. The molecule has 78 valence electrons. The standard InChI is InChI=1S/C7H12N4O2S/c1-2-3-8-5(12)4-11-6(13)9-10-7(11)14/h2-4H2,1H3,(H,8,12)(H,9,13)(H,10,14). The number of nitrogens with zero attached hydrogens (tertiary/aromatic N) is 1. The van der Waals surface area contributed by atoms with E-state index in [-0.39, 0.29) is 17.2 Å². The van der Waals surface area contributed by atoms with Gasteiger partial charge < -0.3 is 5.32 Å². The summed E-state index contributed by atoms with van der Waals surface area (Å²) in [4.78, 5) is 22.3. The molecule has 0 atom stereocenters. The van der Waals surface area contributed by atoms with Gasteiger partial charge in [0, 0.05) is 6.54 Å². The quantitative estimate of drug-likeness (QED) is 0.607. The molecule has 14 heavy (non-hydrogen) atoms. The van der Waals surface area contributed by atoms with Crippen molar-refractivity contribution >= 4 is 18.1 Å². The maximum Gasteiger partial charge on any atom is 0.342 e. The number of hydrogen-bond donors (Lipinski definition) is 3. The van der Waals surface area contributed by atoms with Gasteiger partial charge in [0.25, 0.3) is 0 Å². The summed E-state index contributed by atoms with van der Waals surface area (Å²) in [7, 11) is 0. The molecule has 0 spiro atoms. The predicted molar refractivity (Wildman–Crippen MR) is 53.5 cm³/mol. The summed E-state index contributed by atoms with van der Waals surface area (Å²) in [5.41, 5.74) is -0.401. The van der Waals surface area contributed by atoms with Gasteiger partial charge >= 0.3 is 5.69 Å². The summed E-state index contributed by atoms with van der Waals surface area (Å²) in [6, 6.07) is 0. The van der Waals surface area contributed by atoms with Crippen LogP contribution in [0.4, 0.5) is 0 Å². The number of aromatic amines is 2. The van der Waals surface area contributed by atoms with Crippen molar-refractivity contribution < 1.29 is 4.79 Å². The number of hydrogen-bond acceptors (Lipinski definition) is 3. The van der Waals surface area contributed by atoms with Gasteiger partial charge in [-0.05, 0) is 18.6 Å². The van der Waals surface area contributed by atoms with E-state index in [2.05, 4.69) is 15.5 Å². The highest BCUT2D eigenvalue weighted by molar-refractivity contribution is 7.71. The van der Waals surface area contributed by atoms with Gasteiger partial charge in [0.2, 0.25) is 5.91 Å². The summed E-state index contributed by atoms with van der Waals surface area (Å²) in [5.74, 6) is -0.215. The molecule has 1 amide bonds. The third kappa shape index (κ3) is 2.56. The van der Waals surface area contributed by atoms with Gasteiger partial charge in [-0.3, -0.25) is 14.5 Å². The fourth-order valence-electron chi connectivity index (χ4n) is 0.942. The highest BCUT2D eigenvalue weighted by Gasteiger charge is 2.05. The molecular formula is C7H12N4O2S. The Morgan fingerprint density at radius 1 is 1.57 bits per heavy atom. The number of nitrogens with one attached hydrogen (secondary N) is 3. The highest BCUT2D eigenvalue weighted by atomic mass is 32.1. The first-order valence-electron chi connectivity index (χ1n) is 4.29. The van der Waals surface area contributed by atoms with Crippen LogP contribution in [0.2, 0.25) is 0 Å². The van der Waals surface area contributed by atoms with Crippen LogP contribution in [-0.2, 0) is 11.3 Å². The Kier molecular flexibility index (Phi) is 3.63. The fraction of sp³-hybridized carbons (Fsp3) is 0.571. The summed E-state index contributed by atoms with van der Waals surface area (Å²) >= 11 is 4.80. The highest BCUT2D eigenvalue weighted by Crippen LogP contribution is 1.82. The van der Waals surface area contributed by atoms with Gasteiger partial charge in [-0.15, -0.1) is 0 Å². The Hall–Kier alpha value is -1.37. The second-order valence-corrected chi connectivity index (χ2v) is 3.18. The molecule has 0 unspecified atom stereocenters. The smallest absolute Gasteiger partial charge is 0.342 e. The average molecular weight is 216 g/mol. The van der Waals surface area contributed by atoms with E-state index >= 15 is 0 Å². The number of carbonyl (C=O) groups excluding carboxylic acids is 1. The zero-order valence-electron chi connectivity index (χ0n) is 7.79. The summed E-state index contributed by atoms with van der Waals surface area (Å²) in [6.07, 6.45) is 0.862. The van der Waals surface area contributed by atoms with Crippen molar-refractivity contribution in [3.8, 4) is 0 Å². The van der Waals surface area contributed by atoms with Gasteiger partial charge in [-0.25, -0.2) is 9.89 Å². The molecule has 3 N–H and O–H groups in total. The zero-order chi connectivity index (χ0) is 10.6. The van der Waals surface area contributed by atoms with Crippen LogP contribution in [0.1, 0.15) is 13.3 Å². The molecule has 0 fully saturated rings. The number of aromatic nitrogens is 3. The minimum absolute atomic E-state index is 0.0440. The van der Waals surface area contributed by atoms with Crippen molar-refractivity contribution in [2.75, 3.05) is 6.54 Å². The molecule has 0 aliphatic rings. The second-order valence-electron chi connectivity index (χ2n) is 2.80. The van der Waals surface area contributed by atoms with E-state index in [0.717, 1.165) is 6.42 Å². The minimum Gasteiger partial charge on any atom is -0.355 e. The largest absolute Gasteiger partial charge is 0.355 e. The molecule has 1 aromatic rings. The maximum atomic E-state index is 11.2. The molecule has 6 nitrogen and oxygen atoms in total. The van der Waals surface area contributed by atoms with Crippen molar-refractivity contribution in [2.45, 2.75) is 19.9 Å². The van der Waals surface area contributed by atoms with Crippen molar-refractivity contribution in [3.63, 3.8) is 0 Å². The monoisotopic (exact) mass is 216 g/mol. The van der Waals surface area contributed by atoms with Crippen LogP contribution in [0.3, 0.4) is 0 Å². The maximum absolute atomic E-state index is 11.2. The molecule has 0 aliphatic carbocycles. The first-order chi connectivity index (χ1) is 6.65. The van der Waals surface area contributed by atoms with Crippen LogP contribution < -0.4 is 11.0 Å². The van der Waals surface area contributed by atoms with Crippen molar-refractivity contribution in [2.24, 2.45) is 0 Å². The lowest BCUT2D eigenvalue weighted by Crippen LogP contribution is -2.31. The predicted octanol–water partition coefficient (Wildman–Crippen LogP) is -0.240. The van der Waals surface area contributed by atoms with E-state index < -0.39 is 5.69 Å². The third-order valence-corrected chi connectivity index (χ3v) is 1.96. The molecule has 1 heterocycles. The van der Waals surface area contributed by atoms with E-state index in [9.17, 15) is 9.59 Å². The zero-order valence-corrected chi connectivity index (χ0v) is 8.61. The van der Waals surface area contributed by atoms with Gasteiger partial charge in [0.1, 0.15) is 6.54 Å². The Labute approximate surface area is 85.3 Å². The molecule has 0 bridgehead atoms. The Bertz CT molecular complexity index is 388. The van der Waals surface area contributed by atoms with Crippen LogP contribution in [-0.4, -0.2) is 27.2 Å². The van der Waals surface area contributed by atoms with Crippen molar-refractivity contribution in [1.29, 1.82) is 0 Å². The first kappa shape index (κ1) is 10.7. The average Bonchev–Trinajstić information content (AvgIpc) is 2.46. The Morgan fingerprint density at radius 2 is 2.29 bits per heavy atom. The van der Waals surface area contributed by atoms with Gasteiger partial charge in [0.15, 0.2) is 4.77 Å². The summed E-state index contributed by atoms with van der Waals surface area (Å²) in [6.45, 7) is 2.52. The van der Waals surface area contributed by atoms with E-state index in [4.69, 9.17) is 12.2 Å². The second kappa shape index (κ2) is 4.75. The summed E-state index contributed by atoms with van der Waals surface area (Å²) < 4.78 is 1.39. The first-order valence-corrected chi connectivity index (χ1v) is 4.70. The molecule has 7 heteroatoms. The van der Waals surface area contributed by atoms with E-state index in [1.807, 2.05) is 6.92 Å². The number of carbonyl (C=O) groups is 1. The lowest BCUT2D eigenvalue weighted by Gasteiger charge is -2.02. The third-order valence-electron chi connectivity index (χ3n) is 1.64. The van der Waals surface area contributed by atoms with Crippen LogP contribution in [0.5, 0.6) is 0 Å². The van der Waals surface area contributed by atoms with E-state index in [0.29, 0.717) is 6.54 Å². The van der Waals surface area contributed by atoms with Gasteiger partial charge in [0.05, 0.1) is 0 Å². The van der Waals surface area contributed by atoms with E-state index in [1.54, 1.807) is 0 Å². The molecule has 0 aliphatic heterocycles. The van der Waals surface area contributed by atoms with Crippen LogP contribution in [0, 0.1) is 4.77 Å². The fourth-order valence-corrected chi connectivity index (χ4v) is 1.14. The Balaban J connectivity index is 2.65. The van der Waals surface area contributed by atoms with Crippen molar-refractivity contribution in [3.05, 3.63) is 15.3 Å². The number of rotatable bonds is 4. The number of H-pyrrole nitrogens is 2. The van der Waals surface area contributed by atoms with Crippen LogP contribution in [0.15, 0.2) is 4.79 Å². The lowest BCUT2D eigenvalue weighted by atomic mass is 10.4. The van der Waals surface area contributed by atoms with Crippen LogP contribution in [0.25, 0.3) is 0 Å². The molecule has 0 aromatic carbocycles. The SMILES string of the molecule is CCCNC(=O)Cn1c(=O)[nH][nH]c1=S. The van der Waals surface area contributed by atoms with Crippen molar-refractivity contribution in [1.82, 2.24) is 20.1 Å². The molecule has 1 rings (SSSR count). The topological polar surface area (TPSA) is 82.7 Å². The normalized spacial score (nSPS) is 10.1. The van der Waals surface area contributed by atoms with Gasteiger partial charge in [-0.1, -0.05) is 6.92 Å². The summed E-state index contributed by atoms with van der Waals surface area (Å²) in [5, 5.41) is 7.41.